The smallest absolute Gasteiger partial charge is 0.434 e. The number of anilines is 2. The molecule has 7 nitrogen and oxygen atoms in total. The first-order valence-electron chi connectivity index (χ1n) is 9.40. The van der Waals surface area contributed by atoms with Gasteiger partial charge in [0, 0.05) is 16.4 Å². The van der Waals surface area contributed by atoms with Gasteiger partial charge >= 0.3 is 6.18 Å². The molecule has 4 aromatic rings. The molecule has 2 N–H and O–H groups in total. The number of amides is 2. The van der Waals surface area contributed by atoms with Gasteiger partial charge in [0.25, 0.3) is 11.8 Å². The van der Waals surface area contributed by atoms with Crippen LogP contribution in [-0.2, 0) is 6.18 Å². The van der Waals surface area contributed by atoms with Crippen LogP contribution in [0.5, 0.6) is 0 Å². The minimum absolute atomic E-state index is 0.0995. The second-order valence-electron chi connectivity index (χ2n) is 6.76. The Balaban J connectivity index is 1.53. The second-order valence-corrected chi connectivity index (χ2v) is 7.19. The largest absolute Gasteiger partial charge is 0.459 e. The molecule has 0 saturated heterocycles. The molecule has 2 aromatic carbocycles. The maximum atomic E-state index is 13.8. The highest BCUT2D eigenvalue weighted by molar-refractivity contribution is 6.30. The Morgan fingerprint density at radius 3 is 2.06 bits per heavy atom. The lowest BCUT2D eigenvalue weighted by Gasteiger charge is -2.13. The maximum Gasteiger partial charge on any atom is 0.434 e. The van der Waals surface area contributed by atoms with Crippen LogP contribution in [0, 0.1) is 0 Å². The Kier molecular flexibility index (Phi) is 5.93. The monoisotopic (exact) mass is 474 g/mol. The van der Waals surface area contributed by atoms with Crippen LogP contribution in [0.4, 0.5) is 24.5 Å². The van der Waals surface area contributed by atoms with Gasteiger partial charge in [0.05, 0.1) is 23.7 Å². The van der Waals surface area contributed by atoms with Gasteiger partial charge in [-0.05, 0) is 60.7 Å². The van der Waals surface area contributed by atoms with Crippen LogP contribution in [0.1, 0.15) is 26.6 Å². The fraction of sp³-hybridized carbons (Fsp3) is 0.0455. The topological polar surface area (TPSA) is 89.2 Å². The highest BCUT2D eigenvalue weighted by Crippen LogP contribution is 2.34. The molecule has 0 bridgehead atoms. The number of benzene rings is 2. The average Bonchev–Trinajstić information content (AvgIpc) is 3.46. The molecule has 0 fully saturated rings. The van der Waals surface area contributed by atoms with E-state index in [9.17, 15) is 22.8 Å². The van der Waals surface area contributed by atoms with Crippen molar-refractivity contribution in [1.29, 1.82) is 0 Å². The first-order valence-corrected chi connectivity index (χ1v) is 9.77. The lowest BCUT2D eigenvalue weighted by Crippen LogP contribution is -2.20. The molecule has 0 aliphatic heterocycles. The van der Waals surface area contributed by atoms with Crippen LogP contribution >= 0.6 is 11.6 Å². The zero-order chi connectivity index (χ0) is 23.6. The molecule has 0 spiro atoms. The molecule has 2 heterocycles. The van der Waals surface area contributed by atoms with Crippen molar-refractivity contribution < 1.29 is 27.2 Å². The third-order valence-electron chi connectivity index (χ3n) is 4.50. The van der Waals surface area contributed by atoms with E-state index in [4.69, 9.17) is 16.0 Å². The van der Waals surface area contributed by atoms with Gasteiger partial charge in [0.2, 0.25) is 0 Å². The van der Waals surface area contributed by atoms with Gasteiger partial charge < -0.3 is 15.1 Å². The van der Waals surface area contributed by atoms with E-state index in [1.807, 2.05) is 0 Å². The van der Waals surface area contributed by atoms with Crippen LogP contribution in [0.25, 0.3) is 5.69 Å². The summed E-state index contributed by atoms with van der Waals surface area (Å²) < 4.78 is 47.0. The highest BCUT2D eigenvalue weighted by atomic mass is 35.5. The number of furan rings is 1. The number of halogens is 4. The summed E-state index contributed by atoms with van der Waals surface area (Å²) in [5.74, 6) is -1.35. The lowest BCUT2D eigenvalue weighted by molar-refractivity contribution is -0.143. The van der Waals surface area contributed by atoms with E-state index in [0.29, 0.717) is 15.4 Å². The molecule has 0 saturated carbocycles. The van der Waals surface area contributed by atoms with Crippen LogP contribution in [0.15, 0.2) is 77.5 Å². The summed E-state index contributed by atoms with van der Waals surface area (Å²) in [6.45, 7) is 0. The molecule has 2 aromatic heterocycles. The van der Waals surface area contributed by atoms with E-state index in [2.05, 4.69) is 15.7 Å². The van der Waals surface area contributed by atoms with Crippen LogP contribution in [-0.4, -0.2) is 21.6 Å². The number of aromatic nitrogens is 2. The maximum absolute atomic E-state index is 13.8. The molecule has 0 unspecified atom stereocenters. The summed E-state index contributed by atoms with van der Waals surface area (Å²) in [4.78, 5) is 24.6. The molecule has 0 atom stereocenters. The zero-order valence-electron chi connectivity index (χ0n) is 16.6. The summed E-state index contributed by atoms with van der Waals surface area (Å²) in [7, 11) is 0. The van der Waals surface area contributed by atoms with Crippen molar-refractivity contribution in [3.63, 3.8) is 0 Å². The van der Waals surface area contributed by atoms with E-state index in [0.717, 1.165) is 6.20 Å². The van der Waals surface area contributed by atoms with E-state index < -0.39 is 29.2 Å². The quantitative estimate of drug-likeness (QED) is 0.391. The number of carbonyl (C=O) groups is 2. The Hall–Kier alpha value is -4.05. The molecular formula is C22H14ClF3N4O3. The molecule has 0 aliphatic carbocycles. The lowest BCUT2D eigenvalue weighted by atomic mass is 10.2. The summed E-state index contributed by atoms with van der Waals surface area (Å²) in [5, 5.41) is 9.10. The fourth-order valence-electron chi connectivity index (χ4n) is 3.00. The van der Waals surface area contributed by atoms with E-state index in [-0.39, 0.29) is 17.1 Å². The Morgan fingerprint density at radius 2 is 1.52 bits per heavy atom. The number of rotatable bonds is 5. The first-order chi connectivity index (χ1) is 15.7. The van der Waals surface area contributed by atoms with E-state index in [1.54, 1.807) is 6.07 Å². The normalized spacial score (nSPS) is 11.3. The third kappa shape index (κ3) is 4.90. The number of carbonyl (C=O) groups excluding carboxylic acids is 2. The van der Waals surface area contributed by atoms with Gasteiger partial charge in [0.15, 0.2) is 11.5 Å². The minimum atomic E-state index is -4.84. The summed E-state index contributed by atoms with van der Waals surface area (Å²) in [6, 6.07) is 14.5. The average molecular weight is 475 g/mol. The van der Waals surface area contributed by atoms with Gasteiger partial charge in [-0.25, -0.2) is 4.68 Å². The second kappa shape index (κ2) is 8.83. The van der Waals surface area contributed by atoms with Crippen molar-refractivity contribution in [2.45, 2.75) is 6.18 Å². The van der Waals surface area contributed by atoms with Crippen molar-refractivity contribution in [2.75, 3.05) is 10.6 Å². The van der Waals surface area contributed by atoms with Gasteiger partial charge in [-0.15, -0.1) is 0 Å². The molecule has 4 rings (SSSR count). The predicted molar refractivity (Wildman–Crippen MR) is 115 cm³/mol. The summed E-state index contributed by atoms with van der Waals surface area (Å²) >= 11 is 5.80. The number of hydrogen-bond donors (Lipinski definition) is 2. The Labute approximate surface area is 189 Å². The predicted octanol–water partition coefficient (Wildman–Crippen LogP) is 5.64. The SMILES string of the molecule is O=C(Nc1ccc(NC(=O)c2cnn(-c3ccc(Cl)cc3)c2C(F)(F)F)cc1)c1ccco1. The van der Waals surface area contributed by atoms with E-state index >= 15 is 0 Å². The number of nitrogens with one attached hydrogen (secondary N) is 2. The molecule has 168 valence electrons. The van der Waals surface area contributed by atoms with E-state index in [1.165, 1.54) is 60.9 Å². The van der Waals surface area contributed by atoms with Gasteiger partial charge in [-0.2, -0.15) is 18.3 Å². The van der Waals surface area contributed by atoms with Crippen LogP contribution < -0.4 is 10.6 Å². The number of alkyl halides is 3. The van der Waals surface area contributed by atoms with Crippen LogP contribution in [0.2, 0.25) is 5.02 Å². The van der Waals surface area contributed by atoms with Crippen LogP contribution in [0.3, 0.4) is 0 Å². The third-order valence-corrected chi connectivity index (χ3v) is 4.75. The van der Waals surface area contributed by atoms with Crippen molar-refractivity contribution in [3.05, 3.63) is 95.2 Å². The number of hydrogen-bond acceptors (Lipinski definition) is 4. The van der Waals surface area contributed by atoms with Gasteiger partial charge in [-0.3, -0.25) is 9.59 Å². The molecule has 0 aliphatic rings. The van der Waals surface area contributed by atoms with Gasteiger partial charge in [0.1, 0.15) is 0 Å². The highest BCUT2D eigenvalue weighted by Gasteiger charge is 2.40. The molecule has 2 amide bonds. The Bertz CT molecular complexity index is 1280. The van der Waals surface area contributed by atoms with Crippen molar-refractivity contribution in [2.24, 2.45) is 0 Å². The molecule has 33 heavy (non-hydrogen) atoms. The minimum Gasteiger partial charge on any atom is -0.459 e. The Morgan fingerprint density at radius 1 is 0.909 bits per heavy atom. The van der Waals surface area contributed by atoms with Crippen molar-refractivity contribution in [1.82, 2.24) is 9.78 Å². The summed E-state index contributed by atoms with van der Waals surface area (Å²) in [5.41, 5.74) is -1.14. The molecular weight excluding hydrogens is 461 g/mol. The van der Waals surface area contributed by atoms with Crippen molar-refractivity contribution >= 4 is 34.8 Å². The summed E-state index contributed by atoms with van der Waals surface area (Å²) in [6.07, 6.45) is -2.63. The van der Waals surface area contributed by atoms with Gasteiger partial charge in [-0.1, -0.05) is 11.6 Å². The fourth-order valence-corrected chi connectivity index (χ4v) is 3.13. The standard InChI is InChI=1S/C22H14ClF3N4O3/c23-13-3-9-16(10-4-13)30-19(22(24,25)26)17(12-27-30)20(31)28-14-5-7-15(8-6-14)29-21(32)18-2-1-11-33-18/h1-12H,(H,28,31)(H,29,32). The zero-order valence-corrected chi connectivity index (χ0v) is 17.3. The first kappa shape index (κ1) is 22.2. The molecule has 0 radical (unpaired) electrons. The number of nitrogens with zero attached hydrogens (tertiary/aromatic N) is 2. The molecule has 11 heteroatoms. The van der Waals surface area contributed by atoms with Crippen molar-refractivity contribution in [3.8, 4) is 5.69 Å².